The molecule has 2 N–H and O–H groups in total. The Hall–Kier alpha value is -1.02. The SMILES string of the molecule is CC[C@H](N)c1ccc(N(CC2CC2)CC2CC2)cc1. The van der Waals surface area contributed by atoms with Crippen molar-refractivity contribution in [3.8, 4) is 0 Å². The maximum atomic E-state index is 6.09. The zero-order valence-corrected chi connectivity index (χ0v) is 12.0. The van der Waals surface area contributed by atoms with Gasteiger partial charge in [-0.15, -0.1) is 0 Å². The number of nitrogens with zero attached hydrogens (tertiary/aromatic N) is 1. The number of anilines is 1. The Balaban J connectivity index is 1.68. The highest BCUT2D eigenvalue weighted by Crippen LogP contribution is 2.35. The molecule has 0 spiro atoms. The minimum atomic E-state index is 0.189. The van der Waals surface area contributed by atoms with E-state index in [9.17, 15) is 0 Å². The van der Waals surface area contributed by atoms with Crippen LogP contribution >= 0.6 is 0 Å². The van der Waals surface area contributed by atoms with Crippen molar-refractivity contribution in [2.24, 2.45) is 17.6 Å². The van der Waals surface area contributed by atoms with E-state index in [4.69, 9.17) is 5.73 Å². The summed E-state index contributed by atoms with van der Waals surface area (Å²) in [6.07, 6.45) is 6.73. The van der Waals surface area contributed by atoms with Crippen molar-refractivity contribution in [3.63, 3.8) is 0 Å². The van der Waals surface area contributed by atoms with Crippen LogP contribution in [0.15, 0.2) is 24.3 Å². The van der Waals surface area contributed by atoms with E-state index in [-0.39, 0.29) is 6.04 Å². The molecule has 2 aliphatic rings. The molecule has 104 valence electrons. The van der Waals surface area contributed by atoms with Crippen molar-refractivity contribution in [1.29, 1.82) is 0 Å². The first-order valence-electron chi connectivity index (χ1n) is 7.86. The van der Waals surface area contributed by atoms with E-state index in [1.165, 1.54) is 50.0 Å². The van der Waals surface area contributed by atoms with Crippen LogP contribution in [-0.4, -0.2) is 13.1 Å². The molecule has 1 aromatic rings. The van der Waals surface area contributed by atoms with Crippen LogP contribution in [0.3, 0.4) is 0 Å². The lowest BCUT2D eigenvalue weighted by Gasteiger charge is -2.25. The minimum Gasteiger partial charge on any atom is -0.371 e. The third kappa shape index (κ3) is 3.50. The molecule has 1 atom stereocenters. The highest BCUT2D eigenvalue weighted by Gasteiger charge is 2.29. The normalized spacial score (nSPS) is 20.3. The van der Waals surface area contributed by atoms with Gasteiger partial charge in [-0.05, 0) is 61.6 Å². The lowest BCUT2D eigenvalue weighted by molar-refractivity contribution is 0.677. The largest absolute Gasteiger partial charge is 0.371 e. The fourth-order valence-electron chi connectivity index (χ4n) is 2.68. The van der Waals surface area contributed by atoms with Gasteiger partial charge in [0.1, 0.15) is 0 Å². The monoisotopic (exact) mass is 258 g/mol. The summed E-state index contributed by atoms with van der Waals surface area (Å²) in [5, 5.41) is 0. The van der Waals surface area contributed by atoms with Crippen LogP contribution in [-0.2, 0) is 0 Å². The molecule has 0 bridgehead atoms. The van der Waals surface area contributed by atoms with Gasteiger partial charge in [0, 0.05) is 24.8 Å². The Morgan fingerprint density at radius 2 is 1.58 bits per heavy atom. The highest BCUT2D eigenvalue weighted by molar-refractivity contribution is 5.48. The van der Waals surface area contributed by atoms with Gasteiger partial charge in [0.2, 0.25) is 0 Å². The maximum absolute atomic E-state index is 6.09. The molecule has 2 nitrogen and oxygen atoms in total. The fourth-order valence-corrected chi connectivity index (χ4v) is 2.68. The molecule has 2 saturated carbocycles. The van der Waals surface area contributed by atoms with Gasteiger partial charge in [-0.3, -0.25) is 0 Å². The smallest absolute Gasteiger partial charge is 0.0366 e. The second-order valence-electron chi connectivity index (χ2n) is 6.40. The molecule has 0 saturated heterocycles. The molecule has 0 amide bonds. The number of hydrogen-bond acceptors (Lipinski definition) is 2. The van der Waals surface area contributed by atoms with E-state index in [0.29, 0.717) is 0 Å². The molecule has 2 aliphatic carbocycles. The van der Waals surface area contributed by atoms with Gasteiger partial charge in [0.15, 0.2) is 0 Å². The van der Waals surface area contributed by atoms with Gasteiger partial charge in [-0.1, -0.05) is 19.1 Å². The summed E-state index contributed by atoms with van der Waals surface area (Å²) >= 11 is 0. The lowest BCUT2D eigenvalue weighted by Crippen LogP contribution is -2.28. The summed E-state index contributed by atoms with van der Waals surface area (Å²) < 4.78 is 0. The van der Waals surface area contributed by atoms with Crippen molar-refractivity contribution in [2.45, 2.75) is 45.1 Å². The summed E-state index contributed by atoms with van der Waals surface area (Å²) in [6, 6.07) is 9.17. The fraction of sp³-hybridized carbons (Fsp3) is 0.647. The molecular formula is C17H26N2. The molecule has 0 aromatic heterocycles. The molecule has 3 rings (SSSR count). The summed E-state index contributed by atoms with van der Waals surface area (Å²) in [5.41, 5.74) is 8.75. The Morgan fingerprint density at radius 3 is 2.00 bits per heavy atom. The predicted octanol–water partition coefficient (Wildman–Crippen LogP) is 3.72. The van der Waals surface area contributed by atoms with Crippen LogP contribution in [0.4, 0.5) is 5.69 Å². The van der Waals surface area contributed by atoms with Crippen LogP contribution < -0.4 is 10.6 Å². The summed E-state index contributed by atoms with van der Waals surface area (Å²) in [5.74, 6) is 1.91. The van der Waals surface area contributed by atoms with E-state index >= 15 is 0 Å². The molecule has 0 radical (unpaired) electrons. The molecule has 0 aliphatic heterocycles. The van der Waals surface area contributed by atoms with E-state index in [1.807, 2.05) is 0 Å². The predicted molar refractivity (Wildman–Crippen MR) is 81.3 cm³/mol. The van der Waals surface area contributed by atoms with Gasteiger partial charge >= 0.3 is 0 Å². The zero-order chi connectivity index (χ0) is 13.2. The lowest BCUT2D eigenvalue weighted by atomic mass is 10.0. The molecule has 19 heavy (non-hydrogen) atoms. The Labute approximate surface area is 117 Å². The highest BCUT2D eigenvalue weighted by atomic mass is 15.1. The average molecular weight is 258 g/mol. The van der Waals surface area contributed by atoms with Gasteiger partial charge in [0.25, 0.3) is 0 Å². The van der Waals surface area contributed by atoms with Gasteiger partial charge in [-0.25, -0.2) is 0 Å². The number of nitrogens with two attached hydrogens (primary N) is 1. The van der Waals surface area contributed by atoms with Crippen molar-refractivity contribution in [3.05, 3.63) is 29.8 Å². The van der Waals surface area contributed by atoms with Crippen molar-refractivity contribution in [1.82, 2.24) is 0 Å². The van der Waals surface area contributed by atoms with Gasteiger partial charge < -0.3 is 10.6 Å². The first-order valence-corrected chi connectivity index (χ1v) is 7.86. The first-order chi connectivity index (χ1) is 9.26. The van der Waals surface area contributed by atoms with E-state index in [2.05, 4.69) is 36.1 Å². The van der Waals surface area contributed by atoms with Crippen molar-refractivity contribution >= 4 is 5.69 Å². The molecule has 0 unspecified atom stereocenters. The van der Waals surface area contributed by atoms with E-state index in [1.54, 1.807) is 0 Å². The van der Waals surface area contributed by atoms with Gasteiger partial charge in [-0.2, -0.15) is 0 Å². The van der Waals surface area contributed by atoms with Gasteiger partial charge in [0.05, 0.1) is 0 Å². The maximum Gasteiger partial charge on any atom is 0.0366 e. The Kier molecular flexibility index (Phi) is 3.79. The summed E-state index contributed by atoms with van der Waals surface area (Å²) in [4.78, 5) is 2.61. The second kappa shape index (κ2) is 5.54. The van der Waals surface area contributed by atoms with E-state index in [0.717, 1.165) is 18.3 Å². The average Bonchev–Trinajstić information content (AvgIpc) is 3.32. The molecule has 1 aromatic carbocycles. The Bertz CT molecular complexity index is 390. The van der Waals surface area contributed by atoms with Crippen LogP contribution in [0.1, 0.15) is 50.6 Å². The topological polar surface area (TPSA) is 29.3 Å². The van der Waals surface area contributed by atoms with E-state index < -0.39 is 0 Å². The molecular weight excluding hydrogens is 232 g/mol. The van der Waals surface area contributed by atoms with Crippen molar-refractivity contribution < 1.29 is 0 Å². The zero-order valence-electron chi connectivity index (χ0n) is 12.0. The van der Waals surface area contributed by atoms with Crippen LogP contribution in [0.25, 0.3) is 0 Å². The minimum absolute atomic E-state index is 0.189. The molecule has 2 fully saturated rings. The first kappa shape index (κ1) is 13.0. The number of benzene rings is 1. The van der Waals surface area contributed by atoms with Crippen LogP contribution in [0, 0.1) is 11.8 Å². The van der Waals surface area contributed by atoms with Crippen LogP contribution in [0.5, 0.6) is 0 Å². The third-order valence-corrected chi connectivity index (χ3v) is 4.48. The third-order valence-electron chi connectivity index (χ3n) is 4.48. The molecule has 2 heteroatoms. The number of hydrogen-bond donors (Lipinski definition) is 1. The summed E-state index contributed by atoms with van der Waals surface area (Å²) in [6.45, 7) is 4.66. The second-order valence-corrected chi connectivity index (χ2v) is 6.40. The summed E-state index contributed by atoms with van der Waals surface area (Å²) in [7, 11) is 0. The quantitative estimate of drug-likeness (QED) is 0.807. The molecule has 0 heterocycles. The number of rotatable bonds is 7. The van der Waals surface area contributed by atoms with Crippen LogP contribution in [0.2, 0.25) is 0 Å². The standard InChI is InChI=1S/C17H26N2/c1-2-17(18)15-7-9-16(10-8-15)19(11-13-3-4-13)12-14-5-6-14/h7-10,13-14,17H,2-6,11-12,18H2,1H3/t17-/m0/s1. The Morgan fingerprint density at radius 1 is 1.05 bits per heavy atom. The van der Waals surface area contributed by atoms with Crippen molar-refractivity contribution in [2.75, 3.05) is 18.0 Å².